The first kappa shape index (κ1) is 20.8. The van der Waals surface area contributed by atoms with Crippen LogP contribution in [-0.2, 0) is 6.42 Å². The molecule has 0 bridgehead atoms. The number of para-hydroxylation sites is 4. The molecular weight excluding hydrogens is 414 g/mol. The van der Waals surface area contributed by atoms with Gasteiger partial charge < -0.3 is 20.1 Å². The molecule has 0 saturated heterocycles. The van der Waals surface area contributed by atoms with Crippen molar-refractivity contribution in [2.24, 2.45) is 0 Å². The molecule has 166 valence electrons. The molecule has 1 amide bonds. The Morgan fingerprint density at radius 1 is 1.00 bits per heavy atom. The van der Waals surface area contributed by atoms with E-state index in [-0.39, 0.29) is 12.0 Å². The van der Waals surface area contributed by atoms with Crippen LogP contribution < -0.4 is 20.1 Å². The van der Waals surface area contributed by atoms with Gasteiger partial charge in [0.2, 0.25) is 0 Å². The van der Waals surface area contributed by atoms with E-state index in [4.69, 9.17) is 14.5 Å². The van der Waals surface area contributed by atoms with Gasteiger partial charge in [0.1, 0.15) is 18.5 Å². The molecule has 6 nitrogen and oxygen atoms in total. The van der Waals surface area contributed by atoms with Crippen molar-refractivity contribution in [1.29, 1.82) is 0 Å². The van der Waals surface area contributed by atoms with E-state index < -0.39 is 0 Å². The maximum absolute atomic E-state index is 13.2. The minimum atomic E-state index is -0.258. The lowest BCUT2D eigenvalue weighted by atomic mass is 10.1. The zero-order valence-corrected chi connectivity index (χ0v) is 18.4. The summed E-state index contributed by atoms with van der Waals surface area (Å²) in [6, 6.07) is 25.1. The predicted molar refractivity (Wildman–Crippen MR) is 130 cm³/mol. The van der Waals surface area contributed by atoms with Crippen LogP contribution in [0.25, 0.3) is 10.9 Å². The SMILES string of the molecule is CCc1ccccc1Nc1cc(C(=O)NC[C@H]2COc3ccccc3O2)c2ccccc2n1. The number of nitrogens with one attached hydrogen (secondary N) is 2. The third-order valence-corrected chi connectivity index (χ3v) is 5.68. The fourth-order valence-corrected chi connectivity index (χ4v) is 3.98. The summed E-state index contributed by atoms with van der Waals surface area (Å²) < 4.78 is 11.7. The molecule has 1 aliphatic rings. The van der Waals surface area contributed by atoms with E-state index in [1.54, 1.807) is 6.07 Å². The third kappa shape index (κ3) is 4.46. The highest BCUT2D eigenvalue weighted by molar-refractivity contribution is 6.07. The smallest absolute Gasteiger partial charge is 0.252 e. The van der Waals surface area contributed by atoms with E-state index in [0.29, 0.717) is 30.3 Å². The van der Waals surface area contributed by atoms with Crippen molar-refractivity contribution in [3.05, 3.63) is 90.0 Å². The summed E-state index contributed by atoms with van der Waals surface area (Å²) in [5.41, 5.74) is 3.50. The lowest BCUT2D eigenvalue weighted by Crippen LogP contribution is -2.40. The highest BCUT2D eigenvalue weighted by Gasteiger charge is 2.22. The average Bonchev–Trinajstić information content (AvgIpc) is 2.87. The van der Waals surface area contributed by atoms with Gasteiger partial charge in [-0.1, -0.05) is 55.5 Å². The van der Waals surface area contributed by atoms with Gasteiger partial charge in [0.15, 0.2) is 11.5 Å². The van der Waals surface area contributed by atoms with E-state index in [9.17, 15) is 4.79 Å². The summed E-state index contributed by atoms with van der Waals surface area (Å²) in [6.07, 6.45) is 0.641. The number of nitrogens with zero attached hydrogens (tertiary/aromatic N) is 1. The minimum Gasteiger partial charge on any atom is -0.486 e. The zero-order chi connectivity index (χ0) is 22.6. The van der Waals surface area contributed by atoms with Gasteiger partial charge >= 0.3 is 0 Å². The summed E-state index contributed by atoms with van der Waals surface area (Å²) in [5.74, 6) is 1.87. The molecule has 0 spiro atoms. The standard InChI is InChI=1S/C27H25N3O3/c1-2-18-9-3-5-11-22(18)29-26-15-21(20-10-4-6-12-23(20)30-26)27(31)28-16-19-17-32-24-13-7-8-14-25(24)33-19/h3-15,19H,2,16-17H2,1H3,(H,28,31)(H,29,30)/t19-/m0/s1. The second-order valence-corrected chi connectivity index (χ2v) is 7.92. The first-order valence-electron chi connectivity index (χ1n) is 11.1. The normalized spacial score (nSPS) is 14.6. The first-order valence-corrected chi connectivity index (χ1v) is 11.1. The number of hydrogen-bond acceptors (Lipinski definition) is 5. The Labute approximate surface area is 192 Å². The van der Waals surface area contributed by atoms with Crippen molar-refractivity contribution in [2.45, 2.75) is 19.4 Å². The number of rotatable bonds is 6. The second kappa shape index (κ2) is 9.20. The Kier molecular flexibility index (Phi) is 5.81. The number of pyridine rings is 1. The topological polar surface area (TPSA) is 72.5 Å². The Bertz CT molecular complexity index is 1300. The molecule has 3 aromatic carbocycles. The van der Waals surface area contributed by atoms with Crippen LogP contribution in [0.2, 0.25) is 0 Å². The summed E-state index contributed by atoms with van der Waals surface area (Å²) in [7, 11) is 0. The number of anilines is 2. The molecule has 4 aromatic rings. The van der Waals surface area contributed by atoms with Gasteiger partial charge in [-0.05, 0) is 42.3 Å². The number of hydrogen-bond donors (Lipinski definition) is 2. The van der Waals surface area contributed by atoms with Crippen molar-refractivity contribution in [3.63, 3.8) is 0 Å². The summed E-state index contributed by atoms with van der Waals surface area (Å²) >= 11 is 0. The Balaban J connectivity index is 1.37. The summed E-state index contributed by atoms with van der Waals surface area (Å²) in [4.78, 5) is 17.9. The average molecular weight is 440 g/mol. The number of fused-ring (bicyclic) bond motifs is 2. The number of aryl methyl sites for hydroxylation is 1. The quantitative estimate of drug-likeness (QED) is 0.437. The molecule has 33 heavy (non-hydrogen) atoms. The van der Waals surface area contributed by atoms with Crippen LogP contribution in [0.3, 0.4) is 0 Å². The van der Waals surface area contributed by atoms with E-state index in [2.05, 4.69) is 23.6 Å². The number of benzene rings is 3. The fourth-order valence-electron chi connectivity index (χ4n) is 3.98. The predicted octanol–water partition coefficient (Wildman–Crippen LogP) is 5.11. The molecule has 1 aromatic heterocycles. The Hall–Kier alpha value is -4.06. The Morgan fingerprint density at radius 3 is 2.64 bits per heavy atom. The minimum absolute atomic E-state index is 0.178. The number of carbonyl (C=O) groups is 1. The highest BCUT2D eigenvalue weighted by Crippen LogP contribution is 2.31. The summed E-state index contributed by atoms with van der Waals surface area (Å²) in [5, 5.41) is 7.20. The van der Waals surface area contributed by atoms with Gasteiger partial charge in [0.05, 0.1) is 17.6 Å². The van der Waals surface area contributed by atoms with E-state index >= 15 is 0 Å². The molecule has 0 unspecified atom stereocenters. The molecule has 1 aliphatic heterocycles. The van der Waals surface area contributed by atoms with Gasteiger partial charge in [-0.15, -0.1) is 0 Å². The molecule has 0 aliphatic carbocycles. The van der Waals surface area contributed by atoms with Crippen LogP contribution in [0.15, 0.2) is 78.9 Å². The monoisotopic (exact) mass is 439 g/mol. The van der Waals surface area contributed by atoms with Gasteiger partial charge in [0.25, 0.3) is 5.91 Å². The number of amides is 1. The highest BCUT2D eigenvalue weighted by atomic mass is 16.6. The zero-order valence-electron chi connectivity index (χ0n) is 18.4. The Morgan fingerprint density at radius 2 is 1.76 bits per heavy atom. The van der Waals surface area contributed by atoms with Crippen LogP contribution >= 0.6 is 0 Å². The molecular formula is C27H25N3O3. The van der Waals surface area contributed by atoms with E-state index in [1.165, 1.54) is 5.56 Å². The number of aromatic nitrogens is 1. The molecule has 2 N–H and O–H groups in total. The molecule has 2 heterocycles. The van der Waals surface area contributed by atoms with Gasteiger partial charge in [-0.25, -0.2) is 4.98 Å². The molecule has 6 heteroatoms. The van der Waals surface area contributed by atoms with Crippen molar-refractivity contribution < 1.29 is 14.3 Å². The van der Waals surface area contributed by atoms with Gasteiger partial charge in [-0.3, -0.25) is 4.79 Å². The van der Waals surface area contributed by atoms with Crippen molar-refractivity contribution in [3.8, 4) is 11.5 Å². The van der Waals surface area contributed by atoms with Crippen molar-refractivity contribution >= 4 is 28.3 Å². The third-order valence-electron chi connectivity index (χ3n) is 5.68. The van der Waals surface area contributed by atoms with Crippen LogP contribution in [0.4, 0.5) is 11.5 Å². The second-order valence-electron chi connectivity index (χ2n) is 7.92. The lowest BCUT2D eigenvalue weighted by molar-refractivity contribution is 0.0790. The first-order chi connectivity index (χ1) is 16.2. The molecule has 5 rings (SSSR count). The van der Waals surface area contributed by atoms with Crippen molar-refractivity contribution in [1.82, 2.24) is 10.3 Å². The van der Waals surface area contributed by atoms with Crippen LogP contribution in [-0.4, -0.2) is 30.1 Å². The largest absolute Gasteiger partial charge is 0.486 e. The maximum atomic E-state index is 13.2. The maximum Gasteiger partial charge on any atom is 0.252 e. The van der Waals surface area contributed by atoms with Gasteiger partial charge in [0, 0.05) is 11.1 Å². The fraction of sp³-hybridized carbons (Fsp3) is 0.185. The van der Waals surface area contributed by atoms with E-state index in [0.717, 1.165) is 28.8 Å². The van der Waals surface area contributed by atoms with Crippen LogP contribution in [0.1, 0.15) is 22.8 Å². The molecule has 0 radical (unpaired) electrons. The molecule has 1 atom stereocenters. The molecule has 0 saturated carbocycles. The van der Waals surface area contributed by atoms with Gasteiger partial charge in [-0.2, -0.15) is 0 Å². The number of ether oxygens (including phenoxy) is 2. The van der Waals surface area contributed by atoms with Crippen LogP contribution in [0, 0.1) is 0 Å². The van der Waals surface area contributed by atoms with E-state index in [1.807, 2.05) is 66.7 Å². The number of carbonyl (C=O) groups excluding carboxylic acids is 1. The lowest BCUT2D eigenvalue weighted by Gasteiger charge is -2.26. The van der Waals surface area contributed by atoms with Crippen molar-refractivity contribution in [2.75, 3.05) is 18.5 Å². The summed E-state index contributed by atoms with van der Waals surface area (Å²) in [6.45, 7) is 2.84. The van der Waals surface area contributed by atoms with Crippen LogP contribution in [0.5, 0.6) is 11.5 Å². The molecule has 0 fully saturated rings.